The average molecular weight is 375 g/mol. The quantitative estimate of drug-likeness (QED) is 0.761. The summed E-state index contributed by atoms with van der Waals surface area (Å²) in [6.07, 6.45) is 0.987. The molecule has 22 heavy (non-hydrogen) atoms. The fourth-order valence-corrected chi connectivity index (χ4v) is 3.42. The number of amidine groups is 1. The van der Waals surface area contributed by atoms with Crippen LogP contribution < -0.4 is 0 Å². The highest BCUT2D eigenvalue weighted by molar-refractivity contribution is 9.10. The Kier molecular flexibility index (Phi) is 4.95. The van der Waals surface area contributed by atoms with Crippen molar-refractivity contribution >= 4 is 44.5 Å². The van der Waals surface area contributed by atoms with Gasteiger partial charge in [-0.15, -0.1) is 0 Å². The van der Waals surface area contributed by atoms with Gasteiger partial charge >= 0.3 is 0 Å². The van der Waals surface area contributed by atoms with Crippen LogP contribution in [0.4, 0.5) is 5.69 Å². The molecule has 1 fully saturated rings. The van der Waals surface area contributed by atoms with E-state index in [4.69, 9.17) is 0 Å². The van der Waals surface area contributed by atoms with E-state index in [1.807, 2.05) is 54.6 Å². The first kappa shape index (κ1) is 15.3. The maximum absolute atomic E-state index is 12.7. The number of para-hydroxylation sites is 1. The highest BCUT2D eigenvalue weighted by Crippen LogP contribution is 2.24. The van der Waals surface area contributed by atoms with E-state index in [0.717, 1.165) is 27.5 Å². The fourth-order valence-electron chi connectivity index (χ4n) is 2.20. The Hall–Kier alpha value is -1.59. The number of hydrogen-bond acceptors (Lipinski definition) is 3. The third-order valence-electron chi connectivity index (χ3n) is 3.31. The van der Waals surface area contributed by atoms with E-state index in [1.54, 1.807) is 16.7 Å². The van der Waals surface area contributed by atoms with Crippen LogP contribution in [0.5, 0.6) is 0 Å². The van der Waals surface area contributed by atoms with Crippen molar-refractivity contribution in [3.8, 4) is 0 Å². The maximum atomic E-state index is 12.7. The highest BCUT2D eigenvalue weighted by atomic mass is 79.9. The number of aliphatic imine (C=N–C) groups is 1. The molecule has 1 heterocycles. The van der Waals surface area contributed by atoms with Gasteiger partial charge in [0.1, 0.15) is 0 Å². The molecule has 3 nitrogen and oxygen atoms in total. The van der Waals surface area contributed by atoms with Crippen LogP contribution in [-0.4, -0.2) is 28.3 Å². The molecule has 1 saturated heterocycles. The summed E-state index contributed by atoms with van der Waals surface area (Å²) in [6.45, 7) is 0.716. The van der Waals surface area contributed by atoms with Crippen molar-refractivity contribution in [2.75, 3.05) is 12.3 Å². The first-order chi connectivity index (χ1) is 10.7. The van der Waals surface area contributed by atoms with E-state index in [9.17, 15) is 4.79 Å². The minimum atomic E-state index is 0.00869. The van der Waals surface area contributed by atoms with Crippen molar-refractivity contribution in [3.05, 3.63) is 64.6 Å². The SMILES string of the molecule is O=C(c1ccc(Br)cc1)N1CCCSC1=Nc1ccccc1. The van der Waals surface area contributed by atoms with Crippen LogP contribution in [0.3, 0.4) is 0 Å². The summed E-state index contributed by atoms with van der Waals surface area (Å²) in [5.74, 6) is 1.00. The van der Waals surface area contributed by atoms with Crippen molar-refractivity contribution in [2.45, 2.75) is 6.42 Å². The number of carbonyl (C=O) groups excluding carboxylic acids is 1. The second-order valence-electron chi connectivity index (χ2n) is 4.90. The molecule has 1 aliphatic rings. The summed E-state index contributed by atoms with van der Waals surface area (Å²) in [5, 5.41) is 0.783. The van der Waals surface area contributed by atoms with Gasteiger partial charge < -0.3 is 0 Å². The number of nitrogens with zero attached hydrogens (tertiary/aromatic N) is 2. The van der Waals surface area contributed by atoms with Crippen LogP contribution in [0.1, 0.15) is 16.8 Å². The first-order valence-electron chi connectivity index (χ1n) is 7.08. The summed E-state index contributed by atoms with van der Waals surface area (Å²) in [7, 11) is 0. The number of amides is 1. The van der Waals surface area contributed by atoms with E-state index in [2.05, 4.69) is 20.9 Å². The van der Waals surface area contributed by atoms with Crippen molar-refractivity contribution in [1.29, 1.82) is 0 Å². The van der Waals surface area contributed by atoms with E-state index in [0.29, 0.717) is 12.1 Å². The molecule has 3 rings (SSSR count). The van der Waals surface area contributed by atoms with Gasteiger partial charge in [0.15, 0.2) is 5.17 Å². The second kappa shape index (κ2) is 7.11. The van der Waals surface area contributed by atoms with E-state index >= 15 is 0 Å². The van der Waals surface area contributed by atoms with Gasteiger partial charge in [-0.1, -0.05) is 45.9 Å². The van der Waals surface area contributed by atoms with E-state index in [1.165, 1.54) is 0 Å². The highest BCUT2D eigenvalue weighted by Gasteiger charge is 2.24. The fraction of sp³-hybridized carbons (Fsp3) is 0.176. The maximum Gasteiger partial charge on any atom is 0.259 e. The third-order valence-corrected chi connectivity index (χ3v) is 4.90. The number of halogens is 1. The van der Waals surface area contributed by atoms with Crippen LogP contribution >= 0.6 is 27.7 Å². The lowest BCUT2D eigenvalue weighted by Gasteiger charge is -2.27. The molecule has 0 aromatic heterocycles. The van der Waals surface area contributed by atoms with E-state index < -0.39 is 0 Å². The molecule has 0 spiro atoms. The van der Waals surface area contributed by atoms with Gasteiger partial charge in [0.2, 0.25) is 0 Å². The number of hydrogen-bond donors (Lipinski definition) is 0. The van der Waals surface area contributed by atoms with Crippen LogP contribution in [0.2, 0.25) is 0 Å². The Balaban J connectivity index is 1.88. The zero-order valence-corrected chi connectivity index (χ0v) is 14.3. The van der Waals surface area contributed by atoms with Gasteiger partial charge in [-0.2, -0.15) is 0 Å². The molecular weight excluding hydrogens is 360 g/mol. The zero-order valence-electron chi connectivity index (χ0n) is 11.9. The Morgan fingerprint density at radius 3 is 2.55 bits per heavy atom. The molecule has 2 aromatic rings. The van der Waals surface area contributed by atoms with Crippen molar-refractivity contribution < 1.29 is 4.79 Å². The van der Waals surface area contributed by atoms with Crippen LogP contribution in [0.25, 0.3) is 0 Å². The number of carbonyl (C=O) groups is 1. The van der Waals surface area contributed by atoms with Crippen LogP contribution in [-0.2, 0) is 0 Å². The van der Waals surface area contributed by atoms with Crippen LogP contribution in [0.15, 0.2) is 64.1 Å². The zero-order chi connectivity index (χ0) is 15.4. The molecule has 0 N–H and O–H groups in total. The summed E-state index contributed by atoms with van der Waals surface area (Å²) in [4.78, 5) is 19.1. The molecule has 0 atom stereocenters. The minimum absolute atomic E-state index is 0.00869. The number of thioether (sulfide) groups is 1. The Bertz CT molecular complexity index is 686. The first-order valence-corrected chi connectivity index (χ1v) is 8.86. The van der Waals surface area contributed by atoms with Gasteiger partial charge in [-0.3, -0.25) is 9.69 Å². The largest absolute Gasteiger partial charge is 0.287 e. The topological polar surface area (TPSA) is 32.7 Å². The van der Waals surface area contributed by atoms with Gasteiger partial charge in [-0.05, 0) is 42.8 Å². The molecule has 0 saturated carbocycles. The second-order valence-corrected chi connectivity index (χ2v) is 6.87. The molecule has 5 heteroatoms. The molecule has 1 amide bonds. The monoisotopic (exact) mass is 374 g/mol. The summed E-state index contributed by atoms with van der Waals surface area (Å²) >= 11 is 5.03. The lowest BCUT2D eigenvalue weighted by molar-refractivity contribution is 0.0849. The summed E-state index contributed by atoms with van der Waals surface area (Å²) in [6, 6.07) is 17.2. The molecular formula is C17H15BrN2OS. The van der Waals surface area contributed by atoms with Gasteiger partial charge in [0.25, 0.3) is 5.91 Å². The van der Waals surface area contributed by atoms with E-state index in [-0.39, 0.29) is 5.91 Å². The Morgan fingerprint density at radius 2 is 1.82 bits per heavy atom. The summed E-state index contributed by atoms with van der Waals surface area (Å²) in [5.41, 5.74) is 1.56. The van der Waals surface area contributed by atoms with Gasteiger partial charge in [-0.25, -0.2) is 4.99 Å². The molecule has 1 aliphatic heterocycles. The van der Waals surface area contributed by atoms with Gasteiger partial charge in [0, 0.05) is 22.3 Å². The molecule has 0 bridgehead atoms. The van der Waals surface area contributed by atoms with Crippen molar-refractivity contribution in [1.82, 2.24) is 4.90 Å². The average Bonchev–Trinajstić information content (AvgIpc) is 2.56. The molecule has 0 unspecified atom stereocenters. The van der Waals surface area contributed by atoms with Crippen LogP contribution in [0, 0.1) is 0 Å². The number of rotatable bonds is 2. The smallest absolute Gasteiger partial charge is 0.259 e. The van der Waals surface area contributed by atoms with Gasteiger partial charge in [0.05, 0.1) is 5.69 Å². The normalized spacial score (nSPS) is 16.8. The molecule has 0 aliphatic carbocycles. The van der Waals surface area contributed by atoms with Crippen molar-refractivity contribution in [2.24, 2.45) is 4.99 Å². The Labute approximate surface area is 142 Å². The lowest BCUT2D eigenvalue weighted by Crippen LogP contribution is -2.39. The predicted octanol–water partition coefficient (Wildman–Crippen LogP) is 4.72. The predicted molar refractivity (Wildman–Crippen MR) is 95.8 cm³/mol. The molecule has 112 valence electrons. The third kappa shape index (κ3) is 3.59. The number of benzene rings is 2. The summed E-state index contributed by atoms with van der Waals surface area (Å²) < 4.78 is 0.968. The minimum Gasteiger partial charge on any atom is -0.287 e. The molecule has 2 aromatic carbocycles. The standard InChI is InChI=1S/C17H15BrN2OS/c18-14-9-7-13(8-10-14)16(21)20-11-4-12-22-17(20)19-15-5-2-1-3-6-15/h1-3,5-10H,4,11-12H2. The lowest BCUT2D eigenvalue weighted by atomic mass is 10.2. The van der Waals surface area contributed by atoms with Crippen molar-refractivity contribution in [3.63, 3.8) is 0 Å². The Morgan fingerprint density at radius 1 is 1.09 bits per heavy atom. The molecule has 0 radical (unpaired) electrons.